The molecule has 0 radical (unpaired) electrons. The van der Waals surface area contributed by atoms with Gasteiger partial charge in [-0.05, 0) is 67.7 Å². The predicted octanol–water partition coefficient (Wildman–Crippen LogP) is 11.3. The zero-order valence-corrected chi connectivity index (χ0v) is 26.2. The van der Waals surface area contributed by atoms with Crippen molar-refractivity contribution in [3.05, 3.63) is 158 Å². The Morgan fingerprint density at radius 1 is 0.367 bits per heavy atom. The minimum Gasteiger partial charge on any atom is -0.454 e. The molecule has 49 heavy (non-hydrogen) atoms. The summed E-state index contributed by atoms with van der Waals surface area (Å²) in [5.74, 6) is 1.75. The molecule has 0 aliphatic heterocycles. The van der Waals surface area contributed by atoms with E-state index in [-0.39, 0.29) is 0 Å². The maximum absolute atomic E-state index is 6.52. The molecule has 0 saturated carbocycles. The molecule has 5 heteroatoms. The van der Waals surface area contributed by atoms with E-state index in [0.717, 1.165) is 44.0 Å². The summed E-state index contributed by atoms with van der Waals surface area (Å²) in [4.78, 5) is 19.6. The second-order valence-electron chi connectivity index (χ2n) is 12.3. The van der Waals surface area contributed by atoms with Crippen molar-refractivity contribution in [3.8, 4) is 45.3 Å². The summed E-state index contributed by atoms with van der Waals surface area (Å²) in [6, 6.07) is 50.5. The number of pyridine rings is 1. The van der Waals surface area contributed by atoms with Gasteiger partial charge in [0, 0.05) is 33.7 Å². The van der Waals surface area contributed by atoms with E-state index in [1.54, 1.807) is 6.20 Å². The summed E-state index contributed by atoms with van der Waals surface area (Å²) in [5.41, 5.74) is 6.35. The number of nitrogens with zero attached hydrogens (tertiary/aromatic N) is 4. The standard InChI is InChI=1S/C44H26N4O/c1-2-11-28(12-3-1)42-46-43(32-19-18-27-10-4-5-13-29(27)22-32)48-44(47-42)38-25-45-26-40-41(38)36-21-20-31(24-39(36)49-40)37-23-30-14-6-7-15-33(30)34-16-8-9-17-35(34)37/h1-26H. The average Bonchev–Trinajstić information content (AvgIpc) is 3.56. The summed E-state index contributed by atoms with van der Waals surface area (Å²) in [6.07, 6.45) is 3.60. The van der Waals surface area contributed by atoms with Gasteiger partial charge in [0.1, 0.15) is 5.58 Å². The highest BCUT2D eigenvalue weighted by molar-refractivity contribution is 6.16. The molecule has 0 fully saturated rings. The topological polar surface area (TPSA) is 64.7 Å². The lowest BCUT2D eigenvalue weighted by molar-refractivity contribution is 0.667. The molecule has 0 amide bonds. The molecule has 0 saturated heterocycles. The molecular weight excluding hydrogens is 601 g/mol. The Morgan fingerprint density at radius 2 is 1.04 bits per heavy atom. The van der Waals surface area contributed by atoms with Gasteiger partial charge in [0.05, 0.1) is 6.20 Å². The van der Waals surface area contributed by atoms with Crippen LogP contribution < -0.4 is 0 Å². The normalized spacial score (nSPS) is 11.7. The maximum atomic E-state index is 6.52. The van der Waals surface area contributed by atoms with E-state index >= 15 is 0 Å². The van der Waals surface area contributed by atoms with E-state index in [1.807, 2.05) is 48.7 Å². The Morgan fingerprint density at radius 3 is 1.90 bits per heavy atom. The van der Waals surface area contributed by atoms with Crippen LogP contribution in [0.3, 0.4) is 0 Å². The number of fused-ring (bicyclic) bond motifs is 7. The van der Waals surface area contributed by atoms with Gasteiger partial charge in [0.15, 0.2) is 23.1 Å². The van der Waals surface area contributed by atoms with Gasteiger partial charge in [-0.3, -0.25) is 4.98 Å². The lowest BCUT2D eigenvalue weighted by Gasteiger charge is -2.11. The Balaban J connectivity index is 1.17. The zero-order chi connectivity index (χ0) is 32.3. The Hall–Kier alpha value is -6.72. The van der Waals surface area contributed by atoms with E-state index in [1.165, 1.54) is 32.5 Å². The fourth-order valence-electron chi connectivity index (χ4n) is 7.03. The molecule has 3 heterocycles. The van der Waals surface area contributed by atoms with E-state index in [9.17, 15) is 0 Å². The van der Waals surface area contributed by atoms with Crippen LogP contribution >= 0.6 is 0 Å². The maximum Gasteiger partial charge on any atom is 0.166 e. The fraction of sp³-hybridized carbons (Fsp3) is 0. The van der Waals surface area contributed by atoms with Gasteiger partial charge >= 0.3 is 0 Å². The van der Waals surface area contributed by atoms with Crippen LogP contribution in [-0.2, 0) is 0 Å². The SMILES string of the molecule is c1ccc(-c2nc(-c3ccc4ccccc4c3)nc(-c3cncc4oc5cc(-c6cc7ccccc7c7ccccc67)ccc5c34)n2)cc1. The predicted molar refractivity (Wildman–Crippen MR) is 199 cm³/mol. The Kier molecular flexibility index (Phi) is 6.11. The summed E-state index contributed by atoms with van der Waals surface area (Å²) in [6.45, 7) is 0. The summed E-state index contributed by atoms with van der Waals surface area (Å²) in [5, 5.41) is 9.10. The first-order valence-electron chi connectivity index (χ1n) is 16.3. The quantitative estimate of drug-likeness (QED) is 0.182. The fourth-order valence-corrected chi connectivity index (χ4v) is 7.03. The number of hydrogen-bond donors (Lipinski definition) is 0. The van der Waals surface area contributed by atoms with Crippen LogP contribution in [0, 0.1) is 0 Å². The van der Waals surface area contributed by atoms with E-state index in [0.29, 0.717) is 23.1 Å². The molecule has 0 aliphatic carbocycles. The first kappa shape index (κ1) is 27.4. The highest BCUT2D eigenvalue weighted by Crippen LogP contribution is 2.40. The first-order chi connectivity index (χ1) is 24.3. The lowest BCUT2D eigenvalue weighted by atomic mass is 9.93. The van der Waals surface area contributed by atoms with Crippen LogP contribution in [0.15, 0.2) is 162 Å². The van der Waals surface area contributed by atoms with Gasteiger partial charge in [-0.2, -0.15) is 0 Å². The van der Waals surface area contributed by atoms with Crippen molar-refractivity contribution in [1.29, 1.82) is 0 Å². The number of hydrogen-bond acceptors (Lipinski definition) is 5. The number of benzene rings is 7. The molecule has 0 N–H and O–H groups in total. The van der Waals surface area contributed by atoms with Crippen molar-refractivity contribution in [3.63, 3.8) is 0 Å². The van der Waals surface area contributed by atoms with Crippen molar-refractivity contribution in [2.45, 2.75) is 0 Å². The highest BCUT2D eigenvalue weighted by Gasteiger charge is 2.19. The van der Waals surface area contributed by atoms with Crippen molar-refractivity contribution in [1.82, 2.24) is 19.9 Å². The molecular formula is C44H26N4O. The average molecular weight is 627 g/mol. The lowest BCUT2D eigenvalue weighted by Crippen LogP contribution is -2.00. The van der Waals surface area contributed by atoms with Crippen molar-refractivity contribution < 1.29 is 4.42 Å². The molecule has 10 rings (SSSR count). The van der Waals surface area contributed by atoms with Gasteiger partial charge < -0.3 is 4.42 Å². The Labute approximate surface area is 281 Å². The molecule has 0 spiro atoms. The van der Waals surface area contributed by atoms with Gasteiger partial charge in [0.2, 0.25) is 0 Å². The largest absolute Gasteiger partial charge is 0.454 e. The van der Waals surface area contributed by atoms with Gasteiger partial charge in [-0.25, -0.2) is 15.0 Å². The molecule has 228 valence electrons. The molecule has 0 atom stereocenters. The van der Waals surface area contributed by atoms with Crippen molar-refractivity contribution in [2.24, 2.45) is 0 Å². The van der Waals surface area contributed by atoms with Crippen LogP contribution in [0.4, 0.5) is 0 Å². The molecule has 3 aromatic heterocycles. The van der Waals surface area contributed by atoms with Crippen LogP contribution in [0.25, 0.3) is 99.5 Å². The van der Waals surface area contributed by atoms with Crippen molar-refractivity contribution >= 4 is 54.3 Å². The molecule has 0 aliphatic rings. The van der Waals surface area contributed by atoms with Crippen LogP contribution in [0.1, 0.15) is 0 Å². The van der Waals surface area contributed by atoms with Gasteiger partial charge in [0.25, 0.3) is 0 Å². The molecule has 10 aromatic rings. The zero-order valence-electron chi connectivity index (χ0n) is 26.2. The molecule has 5 nitrogen and oxygen atoms in total. The van der Waals surface area contributed by atoms with E-state index in [4.69, 9.17) is 19.4 Å². The van der Waals surface area contributed by atoms with Crippen LogP contribution in [0.2, 0.25) is 0 Å². The monoisotopic (exact) mass is 626 g/mol. The third kappa shape index (κ3) is 4.55. The minimum absolute atomic E-state index is 0.544. The second kappa shape index (κ2) is 10.9. The van der Waals surface area contributed by atoms with Crippen molar-refractivity contribution in [2.75, 3.05) is 0 Å². The van der Waals surface area contributed by atoms with Gasteiger partial charge in [-0.1, -0.05) is 121 Å². The second-order valence-corrected chi connectivity index (χ2v) is 12.3. The third-order valence-corrected chi connectivity index (χ3v) is 9.38. The Bertz CT molecular complexity index is 2890. The molecule has 0 bridgehead atoms. The number of rotatable bonds is 4. The van der Waals surface area contributed by atoms with Gasteiger partial charge in [-0.15, -0.1) is 0 Å². The third-order valence-electron chi connectivity index (χ3n) is 9.38. The highest BCUT2D eigenvalue weighted by atomic mass is 16.3. The summed E-state index contributed by atoms with van der Waals surface area (Å²) >= 11 is 0. The summed E-state index contributed by atoms with van der Waals surface area (Å²) in [7, 11) is 0. The number of aromatic nitrogens is 4. The van der Waals surface area contributed by atoms with E-state index in [2.05, 4.69) is 108 Å². The number of furan rings is 1. The minimum atomic E-state index is 0.544. The van der Waals surface area contributed by atoms with E-state index < -0.39 is 0 Å². The smallest absolute Gasteiger partial charge is 0.166 e. The first-order valence-corrected chi connectivity index (χ1v) is 16.3. The molecule has 0 unspecified atom stereocenters. The van der Waals surface area contributed by atoms with Crippen LogP contribution in [0.5, 0.6) is 0 Å². The molecule has 7 aromatic carbocycles. The summed E-state index contributed by atoms with van der Waals surface area (Å²) < 4.78 is 6.52. The van der Waals surface area contributed by atoms with Crippen LogP contribution in [-0.4, -0.2) is 19.9 Å².